The molecule has 170 valence electrons. The maximum Gasteiger partial charge on any atom is 0.255 e. The molecule has 2 aliphatic heterocycles. The number of hydrogen-bond donors (Lipinski definition) is 2. The van der Waals surface area contributed by atoms with Crippen LogP contribution in [0.15, 0.2) is 18.2 Å². The molecule has 1 unspecified atom stereocenters. The van der Waals surface area contributed by atoms with Crippen molar-refractivity contribution in [2.75, 3.05) is 46.2 Å². The normalized spacial score (nSPS) is 18.4. The molecule has 1 fully saturated rings. The molecule has 2 heterocycles. The minimum Gasteiger partial charge on any atom is -0.379 e. The number of piperidine rings is 1. The first-order valence-corrected chi connectivity index (χ1v) is 10.8. The first-order chi connectivity index (χ1) is 15.1. The second-order valence-electron chi connectivity index (χ2n) is 7.62. The Balaban J connectivity index is 1.36. The molecule has 3 N–H and O–H groups in total. The number of imide groups is 1. The van der Waals surface area contributed by atoms with Crippen molar-refractivity contribution in [3.8, 4) is 0 Å². The zero-order valence-corrected chi connectivity index (χ0v) is 17.8. The van der Waals surface area contributed by atoms with Gasteiger partial charge in [0.25, 0.3) is 5.91 Å². The highest BCUT2D eigenvalue weighted by Gasteiger charge is 2.38. The zero-order valence-electron chi connectivity index (χ0n) is 17.8. The van der Waals surface area contributed by atoms with Gasteiger partial charge in [-0.1, -0.05) is 12.1 Å². The number of ether oxygens (including phenoxy) is 3. The minimum atomic E-state index is -0.580. The van der Waals surface area contributed by atoms with Gasteiger partial charge in [-0.05, 0) is 36.5 Å². The van der Waals surface area contributed by atoms with Crippen molar-refractivity contribution in [2.24, 2.45) is 5.73 Å². The van der Waals surface area contributed by atoms with Crippen molar-refractivity contribution < 1.29 is 28.6 Å². The van der Waals surface area contributed by atoms with E-state index in [2.05, 4.69) is 5.32 Å². The summed E-state index contributed by atoms with van der Waals surface area (Å²) in [6, 6.07) is 5.24. The van der Waals surface area contributed by atoms with Crippen LogP contribution in [0.2, 0.25) is 0 Å². The number of carbonyl (C=O) groups excluding carboxylic acids is 3. The van der Waals surface area contributed by atoms with E-state index in [4.69, 9.17) is 19.9 Å². The average Bonchev–Trinajstić information content (AvgIpc) is 3.07. The quantitative estimate of drug-likeness (QED) is 0.341. The number of hydrogen-bond acceptors (Lipinski definition) is 7. The van der Waals surface area contributed by atoms with Crippen LogP contribution in [-0.2, 0) is 36.8 Å². The van der Waals surface area contributed by atoms with E-state index in [1.807, 2.05) is 18.2 Å². The largest absolute Gasteiger partial charge is 0.379 e. The molecule has 1 aromatic rings. The van der Waals surface area contributed by atoms with Crippen molar-refractivity contribution in [1.29, 1.82) is 0 Å². The lowest BCUT2D eigenvalue weighted by molar-refractivity contribution is -0.136. The van der Waals surface area contributed by atoms with Gasteiger partial charge in [-0.2, -0.15) is 0 Å². The van der Waals surface area contributed by atoms with Crippen molar-refractivity contribution >= 4 is 17.7 Å². The molecule has 9 heteroatoms. The molecule has 2 aliphatic rings. The van der Waals surface area contributed by atoms with Crippen molar-refractivity contribution in [2.45, 2.75) is 38.3 Å². The van der Waals surface area contributed by atoms with Crippen LogP contribution >= 0.6 is 0 Å². The van der Waals surface area contributed by atoms with Crippen LogP contribution in [0.3, 0.4) is 0 Å². The number of benzene rings is 1. The third kappa shape index (κ3) is 6.57. The van der Waals surface area contributed by atoms with E-state index in [0.29, 0.717) is 64.7 Å². The van der Waals surface area contributed by atoms with Crippen LogP contribution < -0.4 is 11.1 Å². The first-order valence-electron chi connectivity index (χ1n) is 10.8. The lowest BCUT2D eigenvalue weighted by atomic mass is 10.0. The third-order valence-electron chi connectivity index (χ3n) is 5.35. The average molecular weight is 434 g/mol. The molecule has 9 nitrogen and oxygen atoms in total. The lowest BCUT2D eigenvalue weighted by Gasteiger charge is -2.29. The van der Waals surface area contributed by atoms with Crippen LogP contribution in [0, 0.1) is 0 Å². The predicted molar refractivity (Wildman–Crippen MR) is 112 cm³/mol. The van der Waals surface area contributed by atoms with E-state index in [1.54, 1.807) is 4.90 Å². The van der Waals surface area contributed by atoms with Crippen LogP contribution in [0.5, 0.6) is 0 Å². The number of nitrogens with one attached hydrogen (secondary N) is 1. The van der Waals surface area contributed by atoms with Gasteiger partial charge in [-0.25, -0.2) is 0 Å². The van der Waals surface area contributed by atoms with Crippen LogP contribution in [0.4, 0.5) is 0 Å². The molecule has 0 saturated carbocycles. The Morgan fingerprint density at radius 2 is 1.71 bits per heavy atom. The van der Waals surface area contributed by atoms with Gasteiger partial charge in [0.15, 0.2) is 0 Å². The van der Waals surface area contributed by atoms with Crippen molar-refractivity contribution in [1.82, 2.24) is 10.2 Å². The highest BCUT2D eigenvalue weighted by molar-refractivity contribution is 6.05. The molecular weight excluding hydrogens is 402 g/mol. The summed E-state index contributed by atoms with van der Waals surface area (Å²) >= 11 is 0. The van der Waals surface area contributed by atoms with Crippen molar-refractivity contribution in [3.05, 3.63) is 34.9 Å². The Morgan fingerprint density at radius 1 is 1.00 bits per heavy atom. The van der Waals surface area contributed by atoms with Gasteiger partial charge in [-0.3, -0.25) is 19.7 Å². The Kier molecular flexibility index (Phi) is 8.96. The van der Waals surface area contributed by atoms with Gasteiger partial charge in [0.05, 0.1) is 33.0 Å². The fourth-order valence-corrected chi connectivity index (χ4v) is 3.79. The molecule has 1 saturated heterocycles. The number of carbonyl (C=O) groups is 3. The number of rotatable bonds is 13. The summed E-state index contributed by atoms with van der Waals surface area (Å²) in [5.41, 5.74) is 8.03. The molecule has 0 radical (unpaired) electrons. The molecular formula is C22H31N3O6. The van der Waals surface area contributed by atoms with E-state index in [-0.39, 0.29) is 24.1 Å². The number of nitrogens with two attached hydrogens (primary N) is 1. The molecule has 31 heavy (non-hydrogen) atoms. The molecule has 0 aromatic heterocycles. The van der Waals surface area contributed by atoms with Crippen molar-refractivity contribution in [3.63, 3.8) is 0 Å². The molecule has 1 aromatic carbocycles. The second-order valence-corrected chi connectivity index (χ2v) is 7.62. The Labute approximate surface area is 182 Å². The van der Waals surface area contributed by atoms with E-state index >= 15 is 0 Å². The lowest BCUT2D eigenvalue weighted by Crippen LogP contribution is -2.52. The molecule has 1 atom stereocenters. The monoisotopic (exact) mass is 433 g/mol. The third-order valence-corrected chi connectivity index (χ3v) is 5.35. The molecule has 0 aliphatic carbocycles. The zero-order chi connectivity index (χ0) is 22.1. The van der Waals surface area contributed by atoms with Gasteiger partial charge in [-0.15, -0.1) is 0 Å². The Hall–Kier alpha value is -2.33. The van der Waals surface area contributed by atoms with E-state index in [9.17, 15) is 14.4 Å². The molecule has 3 rings (SSSR count). The minimum absolute atomic E-state index is 0.146. The van der Waals surface area contributed by atoms with Gasteiger partial charge in [0.1, 0.15) is 6.04 Å². The summed E-state index contributed by atoms with van der Waals surface area (Å²) in [7, 11) is 0. The van der Waals surface area contributed by atoms with Gasteiger partial charge >= 0.3 is 0 Å². The predicted octanol–water partition coefficient (Wildman–Crippen LogP) is 0.389. The molecule has 0 bridgehead atoms. The van der Waals surface area contributed by atoms with E-state index < -0.39 is 6.04 Å². The fourth-order valence-electron chi connectivity index (χ4n) is 3.79. The number of aryl methyl sites for hydroxylation is 1. The molecule has 0 spiro atoms. The highest BCUT2D eigenvalue weighted by atomic mass is 16.5. The second kappa shape index (κ2) is 11.9. The SMILES string of the molecule is NCCOCCOCCOCCCc1ccc2c(c1)CN(C1CCC(=O)NC1=O)C2=O. The first kappa shape index (κ1) is 23.3. The van der Waals surface area contributed by atoms with Crippen LogP contribution in [0.1, 0.15) is 40.7 Å². The number of amides is 3. The van der Waals surface area contributed by atoms with Gasteiger partial charge in [0, 0.05) is 31.7 Å². The summed E-state index contributed by atoms with van der Waals surface area (Å²) in [5, 5.41) is 2.32. The molecule has 3 amide bonds. The van der Waals surface area contributed by atoms with E-state index in [0.717, 1.165) is 24.0 Å². The van der Waals surface area contributed by atoms with Crippen LogP contribution in [-0.4, -0.2) is 74.8 Å². The number of fused-ring (bicyclic) bond motifs is 1. The maximum absolute atomic E-state index is 12.7. The van der Waals surface area contributed by atoms with Gasteiger partial charge < -0.3 is 24.8 Å². The summed E-state index contributed by atoms with van der Waals surface area (Å²) < 4.78 is 16.2. The summed E-state index contributed by atoms with van der Waals surface area (Å²) in [5.74, 6) is -0.812. The fraction of sp³-hybridized carbons (Fsp3) is 0.591. The van der Waals surface area contributed by atoms with Gasteiger partial charge in [0.2, 0.25) is 11.8 Å². The van der Waals surface area contributed by atoms with E-state index in [1.165, 1.54) is 0 Å². The van der Waals surface area contributed by atoms with Crippen LogP contribution in [0.25, 0.3) is 0 Å². The Morgan fingerprint density at radius 3 is 2.42 bits per heavy atom. The summed E-state index contributed by atoms with van der Waals surface area (Å²) in [4.78, 5) is 37.8. The summed E-state index contributed by atoms with van der Waals surface area (Å²) in [6.45, 7) is 4.24. The summed E-state index contributed by atoms with van der Waals surface area (Å²) in [6.07, 6.45) is 2.34. The Bertz CT molecular complexity index is 785. The number of nitrogens with zero attached hydrogens (tertiary/aromatic N) is 1. The highest BCUT2D eigenvalue weighted by Crippen LogP contribution is 2.28. The smallest absolute Gasteiger partial charge is 0.255 e. The topological polar surface area (TPSA) is 120 Å². The maximum atomic E-state index is 12.7. The standard InChI is InChI=1S/C22H31N3O6/c23-7-9-30-11-13-31-12-10-29-8-1-2-16-3-4-18-17(14-16)15-25(22(18)28)19-5-6-20(26)24-21(19)27/h3-4,14,19H,1-2,5-13,15,23H2,(H,24,26,27).